The lowest BCUT2D eigenvalue weighted by atomic mass is 10.1. The van der Waals surface area contributed by atoms with Crippen LogP contribution in [0.4, 0.5) is 29.2 Å². The maximum atomic E-state index is 11.3. The van der Waals surface area contributed by atoms with Crippen LogP contribution in [0.3, 0.4) is 0 Å². The number of carbonyl (C=O) groups excluding carboxylic acids is 1. The van der Waals surface area contributed by atoms with E-state index in [9.17, 15) is 15.0 Å². The van der Waals surface area contributed by atoms with Crippen LogP contribution in [-0.4, -0.2) is 74.8 Å². The Kier molecular flexibility index (Phi) is 6.98. The molecule has 0 aliphatic carbocycles. The second-order valence-corrected chi connectivity index (χ2v) is 8.06. The summed E-state index contributed by atoms with van der Waals surface area (Å²) in [7, 11) is 0. The molecule has 3 heterocycles. The highest BCUT2D eigenvalue weighted by molar-refractivity contribution is 5.91. The van der Waals surface area contributed by atoms with Crippen molar-refractivity contribution in [3.05, 3.63) is 24.3 Å². The number of amides is 1. The largest absolute Gasteiger partial charge is 0.393 e. The normalized spacial score (nSPS) is 19.7. The van der Waals surface area contributed by atoms with Gasteiger partial charge in [0.15, 0.2) is 0 Å². The molecule has 5 N–H and O–H groups in total. The fourth-order valence-corrected chi connectivity index (χ4v) is 3.86. The molecule has 0 spiro atoms. The molecule has 11 heteroatoms. The van der Waals surface area contributed by atoms with Crippen LogP contribution >= 0.6 is 0 Å². The smallest absolute Gasteiger partial charge is 0.250 e. The lowest BCUT2D eigenvalue weighted by molar-refractivity contribution is -0.118. The first kappa shape index (κ1) is 22.2. The van der Waals surface area contributed by atoms with Crippen LogP contribution in [0.1, 0.15) is 32.1 Å². The molecule has 172 valence electrons. The summed E-state index contributed by atoms with van der Waals surface area (Å²) in [6, 6.07) is 6.95. The molecule has 2 fully saturated rings. The molecule has 11 nitrogen and oxygen atoms in total. The quantitative estimate of drug-likeness (QED) is 0.435. The number of hydrogen-bond donors (Lipinski definition) is 5. The number of nitrogens with one attached hydrogen (secondary N) is 2. The van der Waals surface area contributed by atoms with Gasteiger partial charge in [-0.25, -0.2) is 0 Å². The van der Waals surface area contributed by atoms with Gasteiger partial charge in [-0.1, -0.05) is 0 Å². The molecule has 32 heavy (non-hydrogen) atoms. The predicted octanol–water partition coefficient (Wildman–Crippen LogP) is 0.816. The van der Waals surface area contributed by atoms with Gasteiger partial charge in [0.25, 0.3) is 0 Å². The number of nitrogens with zero attached hydrogens (tertiary/aromatic N) is 5. The summed E-state index contributed by atoms with van der Waals surface area (Å²) < 4.78 is 0. The van der Waals surface area contributed by atoms with Crippen molar-refractivity contribution in [3.63, 3.8) is 0 Å². The van der Waals surface area contributed by atoms with E-state index in [0.717, 1.165) is 12.8 Å². The molecule has 1 aromatic carbocycles. The van der Waals surface area contributed by atoms with Gasteiger partial charge in [0, 0.05) is 31.0 Å². The van der Waals surface area contributed by atoms with Crippen molar-refractivity contribution in [1.29, 1.82) is 0 Å². The minimum Gasteiger partial charge on any atom is -0.393 e. The third-order valence-electron chi connectivity index (χ3n) is 5.66. The van der Waals surface area contributed by atoms with Crippen molar-refractivity contribution in [2.24, 2.45) is 0 Å². The summed E-state index contributed by atoms with van der Waals surface area (Å²) in [6.07, 6.45) is 2.94. The molecule has 2 aromatic rings. The number of aromatic nitrogens is 3. The van der Waals surface area contributed by atoms with Crippen molar-refractivity contribution >= 4 is 35.1 Å². The van der Waals surface area contributed by atoms with E-state index in [0.29, 0.717) is 68.1 Å². The number of anilines is 5. The molecule has 2 aliphatic heterocycles. The average molecular weight is 444 g/mol. The number of rotatable bonds is 6. The third-order valence-corrected chi connectivity index (χ3v) is 5.66. The van der Waals surface area contributed by atoms with Gasteiger partial charge in [0.2, 0.25) is 23.8 Å². The van der Waals surface area contributed by atoms with E-state index in [1.165, 1.54) is 0 Å². The highest BCUT2D eigenvalue weighted by Crippen LogP contribution is 2.26. The van der Waals surface area contributed by atoms with Gasteiger partial charge in [-0.2, -0.15) is 15.0 Å². The first-order valence-corrected chi connectivity index (χ1v) is 10.9. The Morgan fingerprint density at radius 2 is 1.62 bits per heavy atom. The zero-order valence-corrected chi connectivity index (χ0v) is 17.8. The molecule has 1 amide bonds. The average Bonchev–Trinajstić information content (AvgIpc) is 2.81. The third kappa shape index (κ3) is 5.42. The van der Waals surface area contributed by atoms with Crippen LogP contribution in [0.15, 0.2) is 24.3 Å². The zero-order chi connectivity index (χ0) is 22.5. The Balaban J connectivity index is 1.58. The van der Waals surface area contributed by atoms with E-state index in [4.69, 9.17) is 5.11 Å². The van der Waals surface area contributed by atoms with Crippen LogP contribution in [0, 0.1) is 0 Å². The minimum atomic E-state index is -0.635. The first-order valence-electron chi connectivity index (χ1n) is 10.9. The Labute approximate surface area is 186 Å². The maximum absolute atomic E-state index is 11.3. The van der Waals surface area contributed by atoms with E-state index in [2.05, 4.69) is 25.6 Å². The Morgan fingerprint density at radius 3 is 2.31 bits per heavy atom. The van der Waals surface area contributed by atoms with Crippen LogP contribution in [0.5, 0.6) is 0 Å². The predicted molar refractivity (Wildman–Crippen MR) is 120 cm³/mol. The van der Waals surface area contributed by atoms with Gasteiger partial charge in [-0.05, 0) is 56.4 Å². The zero-order valence-electron chi connectivity index (χ0n) is 17.8. The lowest BCUT2D eigenvalue weighted by Gasteiger charge is -2.34. The monoisotopic (exact) mass is 443 g/mol. The topological polar surface area (TPSA) is 147 Å². The fraction of sp³-hybridized carbons (Fsp3) is 0.524. The molecule has 2 saturated heterocycles. The number of hydrogen-bond acceptors (Lipinski definition) is 10. The van der Waals surface area contributed by atoms with Gasteiger partial charge in [-0.3, -0.25) is 4.79 Å². The summed E-state index contributed by atoms with van der Waals surface area (Å²) in [5.74, 6) is 0.793. The van der Waals surface area contributed by atoms with Gasteiger partial charge in [0.1, 0.15) is 12.8 Å². The molecule has 0 saturated carbocycles. The van der Waals surface area contributed by atoms with Gasteiger partial charge >= 0.3 is 0 Å². The molecule has 2 aliphatic rings. The highest BCUT2D eigenvalue weighted by Gasteiger charge is 2.26. The summed E-state index contributed by atoms with van der Waals surface area (Å²) in [5, 5.41) is 34.9. The highest BCUT2D eigenvalue weighted by atomic mass is 16.3. The second-order valence-electron chi connectivity index (χ2n) is 8.06. The second kappa shape index (κ2) is 10.1. The molecule has 1 atom stereocenters. The summed E-state index contributed by atoms with van der Waals surface area (Å²) >= 11 is 0. The van der Waals surface area contributed by atoms with E-state index in [1.807, 2.05) is 4.90 Å². The number of piperidine rings is 2. The van der Waals surface area contributed by atoms with E-state index in [1.54, 1.807) is 29.2 Å². The molecule has 4 rings (SSSR count). The number of aliphatic hydroxyl groups excluding tert-OH is 3. The van der Waals surface area contributed by atoms with Crippen LogP contribution in [-0.2, 0) is 4.79 Å². The molecule has 1 unspecified atom stereocenters. The van der Waals surface area contributed by atoms with E-state index >= 15 is 0 Å². The SMILES string of the molecule is O=C(CO)Nc1ccc(Nc2nc(N3CCC(O)CC3)nc(N3CCCCC3O)n2)cc1. The maximum Gasteiger partial charge on any atom is 0.250 e. The van der Waals surface area contributed by atoms with Crippen molar-refractivity contribution in [2.75, 3.05) is 46.7 Å². The van der Waals surface area contributed by atoms with Crippen LogP contribution in [0.2, 0.25) is 0 Å². The Morgan fingerprint density at radius 1 is 0.938 bits per heavy atom. The van der Waals surface area contributed by atoms with Crippen molar-refractivity contribution in [2.45, 2.75) is 44.4 Å². The van der Waals surface area contributed by atoms with Crippen LogP contribution in [0.25, 0.3) is 0 Å². The molecular weight excluding hydrogens is 414 g/mol. The van der Waals surface area contributed by atoms with Crippen molar-refractivity contribution < 1.29 is 20.1 Å². The molecular formula is C21H29N7O4. The number of benzene rings is 1. The van der Waals surface area contributed by atoms with Crippen molar-refractivity contribution in [3.8, 4) is 0 Å². The van der Waals surface area contributed by atoms with E-state index < -0.39 is 18.7 Å². The minimum absolute atomic E-state index is 0.307. The standard InChI is InChI=1S/C21H29N7O4/c29-13-17(31)22-14-4-6-15(7-5-14)23-19-24-20(27-11-8-16(30)9-12-27)26-21(25-19)28-10-2-1-3-18(28)32/h4-7,16,18,29-30,32H,1-3,8-13H2,(H,22,31)(H,23,24,25,26). The Bertz CT molecular complexity index is 919. The first-order chi connectivity index (χ1) is 15.5. The molecule has 0 bridgehead atoms. The van der Waals surface area contributed by atoms with Gasteiger partial charge in [-0.15, -0.1) is 0 Å². The molecule has 1 aromatic heterocycles. The molecule has 0 radical (unpaired) electrons. The summed E-state index contributed by atoms with van der Waals surface area (Å²) in [5.41, 5.74) is 1.28. The number of carbonyl (C=O) groups is 1. The lowest BCUT2D eigenvalue weighted by Crippen LogP contribution is -2.41. The summed E-state index contributed by atoms with van der Waals surface area (Å²) in [6.45, 7) is 1.38. The Hall–Kier alpha value is -3.02. The van der Waals surface area contributed by atoms with E-state index in [-0.39, 0.29) is 6.10 Å². The fourth-order valence-electron chi connectivity index (χ4n) is 3.86. The summed E-state index contributed by atoms with van der Waals surface area (Å²) in [4.78, 5) is 28.9. The van der Waals surface area contributed by atoms with Crippen LogP contribution < -0.4 is 20.4 Å². The van der Waals surface area contributed by atoms with Gasteiger partial charge < -0.3 is 35.8 Å². The number of aliphatic hydroxyl groups is 3. The van der Waals surface area contributed by atoms with Crippen molar-refractivity contribution in [1.82, 2.24) is 15.0 Å². The van der Waals surface area contributed by atoms with Gasteiger partial charge in [0.05, 0.1) is 6.10 Å².